The summed E-state index contributed by atoms with van der Waals surface area (Å²) in [5.41, 5.74) is 1.63. The van der Waals surface area contributed by atoms with Gasteiger partial charge in [0.15, 0.2) is 0 Å². The monoisotopic (exact) mass is 272 g/mol. The number of carbonyl (C=O) groups is 1. The predicted molar refractivity (Wildman–Crippen MR) is 79.0 cm³/mol. The number of hydrogen-bond acceptors (Lipinski definition) is 3. The Kier molecular flexibility index (Phi) is 5.79. The Hall–Kier alpha value is -2.28. The smallest absolute Gasteiger partial charge is 0.407 e. The molecule has 0 saturated carbocycles. The molecule has 0 aliphatic carbocycles. The molecule has 0 radical (unpaired) electrons. The minimum Gasteiger partial charge on any atom is -0.444 e. The average molecular weight is 272 g/mol. The van der Waals surface area contributed by atoms with E-state index in [1.807, 2.05) is 51.1 Å². The predicted octanol–water partition coefficient (Wildman–Crippen LogP) is 3.29. The van der Waals surface area contributed by atoms with Gasteiger partial charge in [-0.1, -0.05) is 24.3 Å². The molecular formula is C16H20N2O2. The first-order chi connectivity index (χ1) is 9.40. The first-order valence-electron chi connectivity index (χ1n) is 6.53. The zero-order chi connectivity index (χ0) is 15.0. The minimum absolute atomic E-state index is 0.397. The van der Waals surface area contributed by atoms with Gasteiger partial charge in [-0.3, -0.25) is 0 Å². The van der Waals surface area contributed by atoms with Crippen LogP contribution in [-0.2, 0) is 11.2 Å². The lowest BCUT2D eigenvalue weighted by Gasteiger charge is -2.19. The summed E-state index contributed by atoms with van der Waals surface area (Å²) >= 11 is 0. The van der Waals surface area contributed by atoms with Crippen LogP contribution >= 0.6 is 0 Å². The van der Waals surface area contributed by atoms with Gasteiger partial charge in [-0.05, 0) is 44.4 Å². The van der Waals surface area contributed by atoms with E-state index in [1.54, 1.807) is 6.08 Å². The molecule has 0 aromatic heterocycles. The second kappa shape index (κ2) is 7.34. The van der Waals surface area contributed by atoms with Gasteiger partial charge in [0.1, 0.15) is 5.60 Å². The summed E-state index contributed by atoms with van der Waals surface area (Å²) in [7, 11) is 0. The van der Waals surface area contributed by atoms with Crippen LogP contribution in [-0.4, -0.2) is 18.2 Å². The van der Waals surface area contributed by atoms with Gasteiger partial charge >= 0.3 is 6.09 Å². The van der Waals surface area contributed by atoms with Gasteiger partial charge in [0.05, 0.1) is 6.07 Å². The van der Waals surface area contributed by atoms with Crippen molar-refractivity contribution in [3.63, 3.8) is 0 Å². The Balaban J connectivity index is 2.38. The lowest BCUT2D eigenvalue weighted by atomic mass is 10.1. The maximum absolute atomic E-state index is 11.4. The van der Waals surface area contributed by atoms with Gasteiger partial charge in [0.2, 0.25) is 0 Å². The molecule has 0 aliphatic rings. The highest BCUT2D eigenvalue weighted by Crippen LogP contribution is 2.08. The summed E-state index contributed by atoms with van der Waals surface area (Å²) in [5, 5.41) is 11.2. The maximum Gasteiger partial charge on any atom is 0.407 e. The number of carbonyl (C=O) groups excluding carboxylic acids is 1. The number of nitrogens with one attached hydrogen (secondary N) is 1. The van der Waals surface area contributed by atoms with Gasteiger partial charge in [0.25, 0.3) is 0 Å². The Morgan fingerprint density at radius 1 is 1.35 bits per heavy atom. The molecule has 1 amide bonds. The largest absolute Gasteiger partial charge is 0.444 e. The number of allylic oxidation sites excluding steroid dienone is 1. The third-order valence-electron chi connectivity index (χ3n) is 2.41. The lowest BCUT2D eigenvalue weighted by Crippen LogP contribution is -2.33. The van der Waals surface area contributed by atoms with Crippen LogP contribution in [0.4, 0.5) is 4.79 Å². The molecule has 1 rings (SSSR count). The van der Waals surface area contributed by atoms with Crippen LogP contribution in [0.5, 0.6) is 0 Å². The summed E-state index contributed by atoms with van der Waals surface area (Å²) in [6, 6.07) is 9.80. The van der Waals surface area contributed by atoms with E-state index in [2.05, 4.69) is 5.32 Å². The first kappa shape index (κ1) is 15.8. The van der Waals surface area contributed by atoms with Crippen LogP contribution < -0.4 is 5.32 Å². The fraction of sp³-hybridized carbons (Fsp3) is 0.375. The zero-order valence-corrected chi connectivity index (χ0v) is 12.1. The summed E-state index contributed by atoms with van der Waals surface area (Å²) in [6.45, 7) is 6.03. The van der Waals surface area contributed by atoms with Crippen molar-refractivity contribution in [2.75, 3.05) is 6.54 Å². The van der Waals surface area contributed by atoms with E-state index in [4.69, 9.17) is 10.00 Å². The SMILES string of the molecule is CC(C)(C)OC(=O)NCCc1ccc(C=CC#N)cc1. The molecule has 0 heterocycles. The molecule has 1 aromatic carbocycles. The van der Waals surface area contributed by atoms with E-state index in [-0.39, 0.29) is 0 Å². The van der Waals surface area contributed by atoms with Crippen LogP contribution in [0.15, 0.2) is 30.3 Å². The molecular weight excluding hydrogens is 252 g/mol. The average Bonchev–Trinajstić information content (AvgIpc) is 2.35. The standard InChI is InChI=1S/C16H20N2O2/c1-16(2,3)20-15(19)18-12-10-14-8-6-13(7-9-14)5-4-11-17/h4-9H,10,12H2,1-3H3,(H,18,19). The van der Waals surface area contributed by atoms with Crippen molar-refractivity contribution in [2.45, 2.75) is 32.8 Å². The third kappa shape index (κ3) is 6.60. The van der Waals surface area contributed by atoms with Crippen molar-refractivity contribution in [3.8, 4) is 6.07 Å². The van der Waals surface area contributed by atoms with E-state index in [1.165, 1.54) is 6.08 Å². The van der Waals surface area contributed by atoms with Gasteiger partial charge in [-0.2, -0.15) is 5.26 Å². The number of rotatable bonds is 4. The molecule has 1 aromatic rings. The molecule has 0 atom stereocenters. The highest BCUT2D eigenvalue weighted by molar-refractivity contribution is 5.67. The molecule has 0 aliphatic heterocycles. The number of amides is 1. The quantitative estimate of drug-likeness (QED) is 0.855. The highest BCUT2D eigenvalue weighted by atomic mass is 16.6. The van der Waals surface area contributed by atoms with Crippen molar-refractivity contribution < 1.29 is 9.53 Å². The second-order valence-corrected chi connectivity index (χ2v) is 5.38. The first-order valence-corrected chi connectivity index (χ1v) is 6.53. The Morgan fingerprint density at radius 2 is 2.00 bits per heavy atom. The fourth-order valence-electron chi connectivity index (χ4n) is 1.55. The molecule has 4 nitrogen and oxygen atoms in total. The Labute approximate surface area is 120 Å². The number of nitriles is 1. The van der Waals surface area contributed by atoms with Gasteiger partial charge in [-0.15, -0.1) is 0 Å². The normalized spacial score (nSPS) is 11.1. The van der Waals surface area contributed by atoms with E-state index in [0.717, 1.165) is 17.5 Å². The van der Waals surface area contributed by atoms with Crippen molar-refractivity contribution in [1.29, 1.82) is 5.26 Å². The zero-order valence-electron chi connectivity index (χ0n) is 12.1. The summed E-state index contributed by atoms with van der Waals surface area (Å²) in [6.07, 6.45) is 3.54. The number of hydrogen-bond donors (Lipinski definition) is 1. The lowest BCUT2D eigenvalue weighted by molar-refractivity contribution is 0.0528. The van der Waals surface area contributed by atoms with Crippen molar-refractivity contribution in [2.24, 2.45) is 0 Å². The Morgan fingerprint density at radius 3 is 2.55 bits per heavy atom. The van der Waals surface area contributed by atoms with E-state index < -0.39 is 11.7 Å². The summed E-state index contributed by atoms with van der Waals surface area (Å²) in [4.78, 5) is 11.4. The van der Waals surface area contributed by atoms with Crippen molar-refractivity contribution >= 4 is 12.2 Å². The van der Waals surface area contributed by atoms with Crippen LogP contribution in [0.2, 0.25) is 0 Å². The molecule has 0 fully saturated rings. The number of ether oxygens (including phenoxy) is 1. The van der Waals surface area contributed by atoms with Crippen LogP contribution in [0.25, 0.3) is 6.08 Å². The number of alkyl carbamates (subject to hydrolysis) is 1. The summed E-state index contributed by atoms with van der Waals surface area (Å²) < 4.78 is 5.15. The minimum atomic E-state index is -0.473. The second-order valence-electron chi connectivity index (χ2n) is 5.38. The molecule has 0 bridgehead atoms. The fourth-order valence-corrected chi connectivity index (χ4v) is 1.55. The topological polar surface area (TPSA) is 62.1 Å². The van der Waals surface area contributed by atoms with E-state index in [0.29, 0.717) is 6.54 Å². The number of nitrogens with zero attached hydrogens (tertiary/aromatic N) is 1. The molecule has 4 heteroatoms. The van der Waals surface area contributed by atoms with Crippen LogP contribution in [0.3, 0.4) is 0 Å². The Bertz CT molecular complexity index is 505. The molecule has 0 saturated heterocycles. The van der Waals surface area contributed by atoms with Crippen LogP contribution in [0, 0.1) is 11.3 Å². The maximum atomic E-state index is 11.4. The third-order valence-corrected chi connectivity index (χ3v) is 2.41. The van der Waals surface area contributed by atoms with Gasteiger partial charge in [0, 0.05) is 12.6 Å². The van der Waals surface area contributed by atoms with Gasteiger partial charge < -0.3 is 10.1 Å². The molecule has 1 N–H and O–H groups in total. The number of benzene rings is 1. The van der Waals surface area contributed by atoms with E-state index >= 15 is 0 Å². The highest BCUT2D eigenvalue weighted by Gasteiger charge is 2.15. The van der Waals surface area contributed by atoms with Crippen molar-refractivity contribution in [1.82, 2.24) is 5.32 Å². The molecule has 0 spiro atoms. The van der Waals surface area contributed by atoms with Gasteiger partial charge in [-0.25, -0.2) is 4.79 Å². The summed E-state index contributed by atoms with van der Waals surface area (Å²) in [5.74, 6) is 0. The van der Waals surface area contributed by atoms with Crippen molar-refractivity contribution in [3.05, 3.63) is 41.5 Å². The molecule has 0 unspecified atom stereocenters. The van der Waals surface area contributed by atoms with Crippen LogP contribution in [0.1, 0.15) is 31.9 Å². The molecule has 20 heavy (non-hydrogen) atoms. The van der Waals surface area contributed by atoms with E-state index in [9.17, 15) is 4.79 Å². The molecule has 106 valence electrons.